The second-order valence-electron chi connectivity index (χ2n) is 6.65. The summed E-state index contributed by atoms with van der Waals surface area (Å²) in [5.74, 6) is 0.674. The molecule has 1 aliphatic heterocycles. The first kappa shape index (κ1) is 14.3. The summed E-state index contributed by atoms with van der Waals surface area (Å²) in [5.41, 5.74) is 5.98. The van der Waals surface area contributed by atoms with Crippen LogP contribution in [0.2, 0.25) is 0 Å². The monoisotopic (exact) mass is 355 g/mol. The molecule has 0 saturated carbocycles. The van der Waals surface area contributed by atoms with Crippen LogP contribution in [0, 0.1) is 6.92 Å². The Balaban J connectivity index is 1.75. The normalized spacial score (nSPS) is 23.8. The number of hydrogen-bond acceptors (Lipinski definition) is 1. The Kier molecular flexibility index (Phi) is 3.73. The number of benzene rings is 2. The molecule has 2 aromatic rings. The Morgan fingerprint density at radius 3 is 2.77 bits per heavy atom. The number of anilines is 1. The molecule has 0 amide bonds. The van der Waals surface area contributed by atoms with Crippen LogP contribution in [-0.4, -0.2) is 12.6 Å². The maximum atomic E-state index is 3.82. The Morgan fingerprint density at radius 1 is 1.05 bits per heavy atom. The highest BCUT2D eigenvalue weighted by atomic mass is 79.9. The molecule has 2 aliphatic rings. The second kappa shape index (κ2) is 5.73. The van der Waals surface area contributed by atoms with Crippen molar-refractivity contribution in [2.24, 2.45) is 0 Å². The number of piperidine rings is 1. The van der Waals surface area contributed by atoms with Gasteiger partial charge in [-0.2, -0.15) is 0 Å². The molecule has 2 heteroatoms. The molecule has 1 saturated heterocycles. The van der Waals surface area contributed by atoms with Crippen molar-refractivity contribution in [1.82, 2.24) is 0 Å². The van der Waals surface area contributed by atoms with E-state index in [0.29, 0.717) is 12.0 Å². The van der Waals surface area contributed by atoms with Gasteiger partial charge in [-0.25, -0.2) is 0 Å². The Morgan fingerprint density at radius 2 is 1.91 bits per heavy atom. The summed E-state index contributed by atoms with van der Waals surface area (Å²) in [4.78, 5) is 2.69. The topological polar surface area (TPSA) is 3.24 Å². The molecule has 1 heterocycles. The molecule has 4 rings (SSSR count). The van der Waals surface area contributed by atoms with E-state index >= 15 is 0 Å². The molecule has 0 spiro atoms. The van der Waals surface area contributed by atoms with Crippen molar-refractivity contribution in [2.75, 3.05) is 11.4 Å². The fourth-order valence-electron chi connectivity index (χ4n) is 4.45. The van der Waals surface area contributed by atoms with Gasteiger partial charge >= 0.3 is 0 Å². The van der Waals surface area contributed by atoms with Crippen LogP contribution in [0.4, 0.5) is 5.69 Å². The number of rotatable bonds is 1. The lowest BCUT2D eigenvalue weighted by Crippen LogP contribution is -2.47. The highest BCUT2D eigenvalue weighted by molar-refractivity contribution is 9.10. The number of halogens is 1. The van der Waals surface area contributed by atoms with E-state index in [-0.39, 0.29) is 0 Å². The van der Waals surface area contributed by atoms with E-state index < -0.39 is 0 Å². The quantitative estimate of drug-likeness (QED) is 0.656. The largest absolute Gasteiger partial charge is 0.368 e. The van der Waals surface area contributed by atoms with Crippen LogP contribution in [0.25, 0.3) is 0 Å². The molecule has 2 aromatic carbocycles. The van der Waals surface area contributed by atoms with Crippen molar-refractivity contribution in [3.05, 3.63) is 63.6 Å². The maximum Gasteiger partial charge on any atom is 0.0398 e. The second-order valence-corrected chi connectivity index (χ2v) is 7.50. The fourth-order valence-corrected chi connectivity index (χ4v) is 5.16. The summed E-state index contributed by atoms with van der Waals surface area (Å²) >= 11 is 3.82. The molecule has 1 fully saturated rings. The van der Waals surface area contributed by atoms with Gasteiger partial charge in [-0.15, -0.1) is 0 Å². The zero-order chi connectivity index (χ0) is 15.1. The van der Waals surface area contributed by atoms with E-state index in [4.69, 9.17) is 0 Å². The van der Waals surface area contributed by atoms with E-state index in [1.807, 2.05) is 0 Å². The minimum atomic E-state index is 0.654. The predicted molar refractivity (Wildman–Crippen MR) is 96.8 cm³/mol. The van der Waals surface area contributed by atoms with Gasteiger partial charge in [-0.1, -0.05) is 46.3 Å². The molecule has 2 unspecified atom stereocenters. The molecule has 22 heavy (non-hydrogen) atoms. The molecule has 1 nitrogen and oxygen atoms in total. The Labute approximate surface area is 141 Å². The lowest BCUT2D eigenvalue weighted by atomic mass is 9.74. The molecular formula is C20H22BrN. The summed E-state index contributed by atoms with van der Waals surface area (Å²) in [6, 6.07) is 16.2. The van der Waals surface area contributed by atoms with Crippen molar-refractivity contribution < 1.29 is 0 Å². The first-order chi connectivity index (χ1) is 10.8. The van der Waals surface area contributed by atoms with Crippen LogP contribution >= 0.6 is 15.9 Å². The number of hydrogen-bond donors (Lipinski definition) is 0. The minimum Gasteiger partial charge on any atom is -0.368 e. The molecule has 0 N–H and O–H groups in total. The molecular weight excluding hydrogens is 334 g/mol. The van der Waals surface area contributed by atoms with Crippen LogP contribution in [0.3, 0.4) is 0 Å². The van der Waals surface area contributed by atoms with E-state index in [9.17, 15) is 0 Å². The van der Waals surface area contributed by atoms with Crippen LogP contribution in [0.1, 0.15) is 41.9 Å². The number of aryl methyl sites for hydroxylation is 2. The third-order valence-electron chi connectivity index (χ3n) is 5.43. The predicted octanol–water partition coefficient (Wildman–Crippen LogP) is 5.46. The highest BCUT2D eigenvalue weighted by Gasteiger charge is 2.37. The third kappa shape index (κ3) is 2.28. The van der Waals surface area contributed by atoms with Gasteiger partial charge in [0.2, 0.25) is 0 Å². The Hall–Kier alpha value is -1.28. The average molecular weight is 356 g/mol. The summed E-state index contributed by atoms with van der Waals surface area (Å²) in [7, 11) is 0. The zero-order valence-electron chi connectivity index (χ0n) is 13.1. The summed E-state index contributed by atoms with van der Waals surface area (Å²) < 4.78 is 1.31. The average Bonchev–Trinajstić information content (AvgIpc) is 2.55. The lowest BCUT2D eigenvalue weighted by molar-refractivity contribution is 0.364. The van der Waals surface area contributed by atoms with Crippen molar-refractivity contribution in [3.8, 4) is 0 Å². The zero-order valence-corrected chi connectivity index (χ0v) is 14.6. The minimum absolute atomic E-state index is 0.654. The summed E-state index contributed by atoms with van der Waals surface area (Å²) in [6.45, 7) is 3.44. The maximum absolute atomic E-state index is 3.82. The van der Waals surface area contributed by atoms with Crippen molar-refractivity contribution in [2.45, 2.75) is 44.6 Å². The lowest BCUT2D eigenvalue weighted by Gasteiger charge is -2.47. The van der Waals surface area contributed by atoms with Gasteiger partial charge in [-0.05, 0) is 61.4 Å². The van der Waals surface area contributed by atoms with Gasteiger partial charge < -0.3 is 4.90 Å². The van der Waals surface area contributed by atoms with Gasteiger partial charge in [0.25, 0.3) is 0 Å². The van der Waals surface area contributed by atoms with Gasteiger partial charge in [0.1, 0.15) is 0 Å². The van der Waals surface area contributed by atoms with Crippen LogP contribution in [-0.2, 0) is 6.42 Å². The van der Waals surface area contributed by atoms with Gasteiger partial charge in [0.15, 0.2) is 0 Å². The molecule has 0 radical (unpaired) electrons. The van der Waals surface area contributed by atoms with E-state index in [1.165, 1.54) is 48.0 Å². The number of fused-ring (bicyclic) bond motifs is 3. The third-order valence-corrected chi connectivity index (χ3v) is 6.12. The van der Waals surface area contributed by atoms with Crippen LogP contribution in [0.15, 0.2) is 46.9 Å². The number of para-hydroxylation sites is 1. The molecule has 2 atom stereocenters. The first-order valence-electron chi connectivity index (χ1n) is 8.35. The van der Waals surface area contributed by atoms with Crippen LogP contribution in [0.5, 0.6) is 0 Å². The van der Waals surface area contributed by atoms with Crippen molar-refractivity contribution in [1.29, 1.82) is 0 Å². The van der Waals surface area contributed by atoms with Crippen molar-refractivity contribution in [3.63, 3.8) is 0 Å². The van der Waals surface area contributed by atoms with E-state index in [2.05, 4.69) is 70.2 Å². The van der Waals surface area contributed by atoms with E-state index in [0.717, 1.165) is 0 Å². The molecule has 114 valence electrons. The van der Waals surface area contributed by atoms with Crippen LogP contribution < -0.4 is 4.90 Å². The van der Waals surface area contributed by atoms with Gasteiger partial charge in [-0.3, -0.25) is 0 Å². The fraction of sp³-hybridized carbons (Fsp3) is 0.400. The summed E-state index contributed by atoms with van der Waals surface area (Å²) in [6.07, 6.45) is 5.10. The molecule has 1 aliphatic carbocycles. The van der Waals surface area contributed by atoms with Crippen molar-refractivity contribution >= 4 is 21.6 Å². The first-order valence-corrected chi connectivity index (χ1v) is 9.14. The summed E-state index contributed by atoms with van der Waals surface area (Å²) in [5, 5.41) is 0. The smallest absolute Gasteiger partial charge is 0.0398 e. The van der Waals surface area contributed by atoms with Gasteiger partial charge in [0, 0.05) is 28.7 Å². The van der Waals surface area contributed by atoms with E-state index in [1.54, 1.807) is 11.1 Å². The van der Waals surface area contributed by atoms with Gasteiger partial charge in [0.05, 0.1) is 0 Å². The molecule has 0 aromatic heterocycles. The molecule has 0 bridgehead atoms. The Bertz CT molecular complexity index is 694. The number of nitrogens with zero attached hydrogens (tertiary/aromatic N) is 1. The highest BCUT2D eigenvalue weighted by Crippen LogP contribution is 2.45. The standard InChI is InChI=1S/C20H22BrN/c1-14-6-2-3-10-18(14)22-13-5-8-16-19(22)12-11-15-7-4-9-17(21)20(15)16/h2-4,6-7,9-10,16,19H,5,8,11-13H2,1H3. The SMILES string of the molecule is Cc1ccccc1N1CCCC2c3c(Br)cccc3CCC21.